The highest BCUT2D eigenvalue weighted by Gasteiger charge is 2.23. The molecule has 1 amide bonds. The van der Waals surface area contributed by atoms with E-state index in [0.717, 1.165) is 6.54 Å². The summed E-state index contributed by atoms with van der Waals surface area (Å²) in [5, 5.41) is 5.87. The van der Waals surface area contributed by atoms with Gasteiger partial charge in [0.05, 0.1) is 12.1 Å². The molecule has 0 aromatic heterocycles. The Bertz CT molecular complexity index is 239. The maximum Gasteiger partial charge on any atom is 0.237 e. The average Bonchev–Trinajstić information content (AvgIpc) is 2.23. The molecule has 94 valence electrons. The molecule has 0 bridgehead atoms. The second-order valence-electron chi connectivity index (χ2n) is 4.33. The summed E-state index contributed by atoms with van der Waals surface area (Å²) in [4.78, 5) is 23.2. The number of ketones is 1. The minimum atomic E-state index is -0.391. The molecule has 0 aliphatic carbocycles. The van der Waals surface area contributed by atoms with Crippen molar-refractivity contribution in [2.24, 2.45) is 5.92 Å². The van der Waals surface area contributed by atoms with E-state index in [1.807, 2.05) is 20.8 Å². The number of carbonyl (C=O) groups excluding carboxylic acids is 2. The van der Waals surface area contributed by atoms with Crippen LogP contribution in [0, 0.1) is 5.92 Å². The van der Waals surface area contributed by atoms with E-state index in [-0.39, 0.29) is 23.7 Å². The van der Waals surface area contributed by atoms with Crippen LogP contribution in [-0.4, -0.2) is 30.3 Å². The zero-order valence-corrected chi connectivity index (χ0v) is 11.0. The summed E-state index contributed by atoms with van der Waals surface area (Å²) in [6, 6.07) is -0.616. The van der Waals surface area contributed by atoms with Crippen LogP contribution in [0.1, 0.15) is 41.0 Å². The minimum Gasteiger partial charge on any atom is -0.345 e. The van der Waals surface area contributed by atoms with Crippen molar-refractivity contribution < 1.29 is 9.59 Å². The first-order chi connectivity index (χ1) is 7.43. The number of nitrogens with one attached hydrogen (secondary N) is 2. The second kappa shape index (κ2) is 7.39. The van der Waals surface area contributed by atoms with Gasteiger partial charge in [-0.25, -0.2) is 0 Å². The second-order valence-corrected chi connectivity index (χ2v) is 4.33. The van der Waals surface area contributed by atoms with Crippen LogP contribution in [0.2, 0.25) is 0 Å². The molecule has 0 rings (SSSR count). The molecule has 2 N–H and O–H groups in total. The van der Waals surface area contributed by atoms with E-state index in [0.29, 0.717) is 6.42 Å². The van der Waals surface area contributed by atoms with Crippen LogP contribution in [0.5, 0.6) is 0 Å². The Morgan fingerprint density at radius 1 is 1.12 bits per heavy atom. The number of rotatable bonds is 7. The first kappa shape index (κ1) is 15.1. The van der Waals surface area contributed by atoms with E-state index in [1.165, 1.54) is 0 Å². The van der Waals surface area contributed by atoms with Crippen LogP contribution in [-0.2, 0) is 9.59 Å². The molecule has 2 atom stereocenters. The third kappa shape index (κ3) is 4.75. The Labute approximate surface area is 98.2 Å². The standard InChI is InChI=1S/C12H24N2O2/c1-6-10(15)9(5)14-12(16)11(8(3)4)13-7-2/h8-9,11,13H,6-7H2,1-5H3,(H,14,16)/t9-,11-/m0/s1. The SMILES string of the molecule is CCN[C@H](C(=O)N[C@@H](C)C(=O)CC)C(C)C. The average molecular weight is 228 g/mol. The van der Waals surface area contributed by atoms with Crippen LogP contribution in [0.3, 0.4) is 0 Å². The fourth-order valence-corrected chi connectivity index (χ4v) is 1.54. The first-order valence-corrected chi connectivity index (χ1v) is 6.00. The van der Waals surface area contributed by atoms with Gasteiger partial charge >= 0.3 is 0 Å². The highest BCUT2D eigenvalue weighted by atomic mass is 16.2. The fraction of sp³-hybridized carbons (Fsp3) is 0.833. The van der Waals surface area contributed by atoms with Crippen LogP contribution in [0.25, 0.3) is 0 Å². The smallest absolute Gasteiger partial charge is 0.237 e. The molecule has 0 radical (unpaired) electrons. The Hall–Kier alpha value is -0.900. The molecule has 16 heavy (non-hydrogen) atoms. The van der Waals surface area contributed by atoms with E-state index in [2.05, 4.69) is 10.6 Å². The van der Waals surface area contributed by atoms with Crippen LogP contribution in [0.15, 0.2) is 0 Å². The fourth-order valence-electron chi connectivity index (χ4n) is 1.54. The normalized spacial score (nSPS) is 14.6. The molecule has 4 nitrogen and oxygen atoms in total. The van der Waals surface area contributed by atoms with E-state index in [1.54, 1.807) is 13.8 Å². The van der Waals surface area contributed by atoms with Crippen molar-refractivity contribution in [2.75, 3.05) is 6.54 Å². The predicted octanol–water partition coefficient (Wildman–Crippen LogP) is 1.10. The van der Waals surface area contributed by atoms with Gasteiger partial charge in [0, 0.05) is 6.42 Å². The van der Waals surface area contributed by atoms with Crippen LogP contribution in [0.4, 0.5) is 0 Å². The molecule has 0 unspecified atom stereocenters. The van der Waals surface area contributed by atoms with Gasteiger partial charge in [-0.3, -0.25) is 9.59 Å². The lowest BCUT2D eigenvalue weighted by atomic mass is 10.0. The Morgan fingerprint density at radius 3 is 2.06 bits per heavy atom. The van der Waals surface area contributed by atoms with E-state index in [9.17, 15) is 9.59 Å². The van der Waals surface area contributed by atoms with E-state index >= 15 is 0 Å². The number of likely N-dealkylation sites (N-methyl/N-ethyl adjacent to an activating group) is 1. The molecular formula is C12H24N2O2. The largest absolute Gasteiger partial charge is 0.345 e. The van der Waals surface area contributed by atoms with Crippen molar-refractivity contribution in [1.82, 2.24) is 10.6 Å². The number of Topliss-reactive ketones (excluding diaryl/α,β-unsaturated/α-hetero) is 1. The van der Waals surface area contributed by atoms with Gasteiger partial charge < -0.3 is 10.6 Å². The van der Waals surface area contributed by atoms with Gasteiger partial charge in [0.2, 0.25) is 5.91 Å². The molecule has 0 saturated heterocycles. The monoisotopic (exact) mass is 228 g/mol. The number of amides is 1. The van der Waals surface area contributed by atoms with Gasteiger partial charge in [0.25, 0.3) is 0 Å². The quantitative estimate of drug-likeness (QED) is 0.686. The molecule has 0 aromatic carbocycles. The van der Waals surface area contributed by atoms with Crippen molar-refractivity contribution >= 4 is 11.7 Å². The number of hydrogen-bond acceptors (Lipinski definition) is 3. The van der Waals surface area contributed by atoms with E-state index in [4.69, 9.17) is 0 Å². The Morgan fingerprint density at radius 2 is 1.69 bits per heavy atom. The number of hydrogen-bond donors (Lipinski definition) is 2. The van der Waals surface area contributed by atoms with Crippen LogP contribution < -0.4 is 10.6 Å². The van der Waals surface area contributed by atoms with Crippen molar-refractivity contribution in [3.8, 4) is 0 Å². The Kier molecular flexibility index (Phi) is 6.97. The molecule has 0 spiro atoms. The maximum absolute atomic E-state index is 11.9. The molecule has 0 aliphatic rings. The lowest BCUT2D eigenvalue weighted by Crippen LogP contribution is -2.51. The Balaban J connectivity index is 4.35. The minimum absolute atomic E-state index is 0.0624. The summed E-state index contributed by atoms with van der Waals surface area (Å²) in [5.74, 6) is 0.183. The van der Waals surface area contributed by atoms with E-state index < -0.39 is 6.04 Å². The summed E-state index contributed by atoms with van der Waals surface area (Å²) in [5.41, 5.74) is 0. The molecule has 0 aliphatic heterocycles. The molecule has 4 heteroatoms. The topological polar surface area (TPSA) is 58.2 Å². The van der Waals surface area contributed by atoms with Gasteiger partial charge in [-0.2, -0.15) is 0 Å². The predicted molar refractivity (Wildman–Crippen MR) is 65.2 cm³/mol. The molecule has 0 saturated carbocycles. The molecule has 0 heterocycles. The molecular weight excluding hydrogens is 204 g/mol. The van der Waals surface area contributed by atoms with Gasteiger partial charge in [0.15, 0.2) is 5.78 Å². The van der Waals surface area contributed by atoms with Crippen molar-refractivity contribution in [3.05, 3.63) is 0 Å². The molecule has 0 aromatic rings. The third-order valence-corrected chi connectivity index (χ3v) is 2.56. The summed E-state index contributed by atoms with van der Waals surface area (Å²) in [6.45, 7) is 10.2. The third-order valence-electron chi connectivity index (χ3n) is 2.56. The van der Waals surface area contributed by atoms with Gasteiger partial charge in [-0.1, -0.05) is 27.7 Å². The summed E-state index contributed by atoms with van der Waals surface area (Å²) in [7, 11) is 0. The first-order valence-electron chi connectivity index (χ1n) is 6.00. The summed E-state index contributed by atoms with van der Waals surface area (Å²) >= 11 is 0. The van der Waals surface area contributed by atoms with Gasteiger partial charge in [-0.05, 0) is 19.4 Å². The van der Waals surface area contributed by atoms with Crippen molar-refractivity contribution in [2.45, 2.75) is 53.1 Å². The molecule has 0 fully saturated rings. The van der Waals surface area contributed by atoms with Crippen molar-refractivity contribution in [3.63, 3.8) is 0 Å². The zero-order valence-electron chi connectivity index (χ0n) is 11.0. The van der Waals surface area contributed by atoms with Gasteiger partial charge in [0.1, 0.15) is 0 Å². The van der Waals surface area contributed by atoms with Crippen LogP contribution >= 0.6 is 0 Å². The number of carbonyl (C=O) groups is 2. The highest BCUT2D eigenvalue weighted by Crippen LogP contribution is 2.02. The zero-order chi connectivity index (χ0) is 12.7. The summed E-state index contributed by atoms with van der Waals surface area (Å²) < 4.78 is 0. The lowest BCUT2D eigenvalue weighted by Gasteiger charge is -2.22. The summed E-state index contributed by atoms with van der Waals surface area (Å²) in [6.07, 6.45) is 0.453. The van der Waals surface area contributed by atoms with Crippen molar-refractivity contribution in [1.29, 1.82) is 0 Å². The van der Waals surface area contributed by atoms with Gasteiger partial charge in [-0.15, -0.1) is 0 Å². The lowest BCUT2D eigenvalue weighted by molar-refractivity contribution is -0.129. The highest BCUT2D eigenvalue weighted by molar-refractivity contribution is 5.90. The maximum atomic E-state index is 11.9.